The maximum Gasteiger partial charge on any atom is 0.309 e. The molecule has 1 atom stereocenters. The van der Waals surface area contributed by atoms with Crippen LogP contribution in [-0.2, 0) is 19.4 Å². The number of benzene rings is 1. The lowest BCUT2D eigenvalue weighted by Gasteiger charge is -2.18. The van der Waals surface area contributed by atoms with Gasteiger partial charge in [-0.2, -0.15) is 0 Å². The number of amides is 2. The van der Waals surface area contributed by atoms with Crippen molar-refractivity contribution in [3.63, 3.8) is 0 Å². The average Bonchev–Trinajstić information content (AvgIpc) is 2.63. The molecule has 1 aromatic carbocycles. The lowest BCUT2D eigenvalue weighted by Crippen LogP contribution is -2.42. The van der Waals surface area contributed by atoms with Gasteiger partial charge in [0, 0.05) is 25.5 Å². The molecule has 1 heterocycles. The molecule has 138 valence electrons. The van der Waals surface area contributed by atoms with Gasteiger partial charge in [0.25, 0.3) is 0 Å². The molecule has 9 heteroatoms. The predicted molar refractivity (Wildman–Crippen MR) is 92.3 cm³/mol. The highest BCUT2D eigenvalue weighted by atomic mass is 32.2. The molecule has 2 aromatic rings. The van der Waals surface area contributed by atoms with Crippen molar-refractivity contribution in [2.24, 2.45) is 0 Å². The Balaban J connectivity index is 2.31. The molecule has 26 heavy (non-hydrogen) atoms. The first-order valence-electron chi connectivity index (χ1n) is 7.81. The Morgan fingerprint density at radius 3 is 2.35 bits per heavy atom. The number of halogens is 1. The fourth-order valence-electron chi connectivity index (χ4n) is 2.27. The van der Waals surface area contributed by atoms with E-state index in [-0.39, 0.29) is 18.0 Å². The Morgan fingerprint density at radius 2 is 1.77 bits per heavy atom. The highest BCUT2D eigenvalue weighted by molar-refractivity contribution is 7.91. The summed E-state index contributed by atoms with van der Waals surface area (Å²) in [4.78, 5) is 27.1. The molecule has 0 bridgehead atoms. The van der Waals surface area contributed by atoms with E-state index in [1.54, 1.807) is 19.1 Å². The van der Waals surface area contributed by atoms with Crippen molar-refractivity contribution < 1.29 is 22.4 Å². The van der Waals surface area contributed by atoms with Crippen LogP contribution in [-0.4, -0.2) is 38.3 Å². The van der Waals surface area contributed by atoms with Crippen LogP contribution in [0.2, 0.25) is 0 Å². The predicted octanol–water partition coefficient (Wildman–Crippen LogP) is 0.988. The maximum absolute atomic E-state index is 13.1. The van der Waals surface area contributed by atoms with Crippen LogP contribution in [0.4, 0.5) is 4.39 Å². The van der Waals surface area contributed by atoms with E-state index in [1.807, 2.05) is 0 Å². The number of carbonyl (C=O) groups excluding carboxylic acids is 2. The lowest BCUT2D eigenvalue weighted by molar-refractivity contribution is -0.139. The van der Waals surface area contributed by atoms with Gasteiger partial charge in [-0.15, -0.1) is 0 Å². The molecule has 2 rings (SSSR count). The highest BCUT2D eigenvalue weighted by Crippen LogP contribution is 2.28. The molecule has 0 aliphatic carbocycles. The topological polar surface area (TPSA) is 105 Å². The van der Waals surface area contributed by atoms with Gasteiger partial charge in [0.15, 0.2) is 9.84 Å². The molecular formula is C17H18FN3O4S. The Kier molecular flexibility index (Phi) is 6.40. The monoisotopic (exact) mass is 379 g/mol. The van der Waals surface area contributed by atoms with E-state index in [1.165, 1.54) is 12.4 Å². The molecule has 0 unspecified atom stereocenters. The fraction of sp³-hybridized carbons (Fsp3) is 0.235. The Hall–Kier alpha value is -2.81. The molecule has 0 saturated heterocycles. The smallest absolute Gasteiger partial charge is 0.309 e. The normalized spacial score (nSPS) is 12.2. The molecule has 0 aliphatic rings. The van der Waals surface area contributed by atoms with Gasteiger partial charge in [0.05, 0.1) is 4.90 Å². The Labute approximate surface area is 150 Å². The van der Waals surface area contributed by atoms with Crippen LogP contribution in [0.15, 0.2) is 53.7 Å². The van der Waals surface area contributed by atoms with E-state index in [2.05, 4.69) is 15.6 Å². The zero-order valence-electron chi connectivity index (χ0n) is 14.0. The molecule has 1 aromatic heterocycles. The molecule has 7 nitrogen and oxygen atoms in total. The van der Waals surface area contributed by atoms with E-state index in [0.717, 1.165) is 24.3 Å². The summed E-state index contributed by atoms with van der Waals surface area (Å²) in [6.45, 7) is 1.59. The molecular weight excluding hydrogens is 361 g/mol. The van der Waals surface area contributed by atoms with Crippen molar-refractivity contribution in [1.82, 2.24) is 15.6 Å². The number of aromatic nitrogens is 1. The van der Waals surface area contributed by atoms with Gasteiger partial charge in [0.1, 0.15) is 11.1 Å². The summed E-state index contributed by atoms with van der Waals surface area (Å²) in [6.07, 6.45) is 2.85. The number of nitrogens with zero attached hydrogens (tertiary/aromatic N) is 1. The van der Waals surface area contributed by atoms with Gasteiger partial charge in [-0.05, 0) is 42.8 Å². The summed E-state index contributed by atoms with van der Waals surface area (Å²) in [7, 11) is -3.96. The van der Waals surface area contributed by atoms with Crippen molar-refractivity contribution in [1.29, 1.82) is 0 Å². The Bertz CT molecular complexity index is 871. The highest BCUT2D eigenvalue weighted by Gasteiger charge is 2.30. The van der Waals surface area contributed by atoms with E-state index < -0.39 is 32.7 Å². The summed E-state index contributed by atoms with van der Waals surface area (Å²) in [5.41, 5.74) is 0.341. The molecule has 0 radical (unpaired) electrons. The van der Waals surface area contributed by atoms with Gasteiger partial charge < -0.3 is 10.6 Å². The second-order valence-electron chi connectivity index (χ2n) is 5.34. The minimum atomic E-state index is -3.96. The summed E-state index contributed by atoms with van der Waals surface area (Å²) in [6, 6.07) is 7.51. The van der Waals surface area contributed by atoms with Crippen LogP contribution in [0.5, 0.6) is 0 Å². The van der Waals surface area contributed by atoms with Crippen molar-refractivity contribution in [3.05, 3.63) is 60.2 Å². The number of pyridine rings is 1. The fourth-order valence-corrected chi connectivity index (χ4v) is 3.91. The van der Waals surface area contributed by atoms with Crippen LogP contribution in [0.1, 0.15) is 17.7 Å². The van der Waals surface area contributed by atoms with Crippen LogP contribution < -0.4 is 10.6 Å². The Morgan fingerprint density at radius 1 is 1.12 bits per heavy atom. The van der Waals surface area contributed by atoms with Gasteiger partial charge in [-0.1, -0.05) is 6.07 Å². The van der Waals surface area contributed by atoms with Gasteiger partial charge in [0.2, 0.25) is 0 Å². The first-order chi connectivity index (χ1) is 12.4. The van der Waals surface area contributed by atoms with E-state index >= 15 is 0 Å². The standard InChI is InChI=1S/C17H18FN3O4S/c1-2-20-16(22)17(23)21-11-15(12-4-3-9-19-10-12)26(24,25)14-7-5-13(18)6-8-14/h3-10,15H,2,11H2,1H3,(H,20,22)(H,21,23)/t15-/m1/s1. The number of nitrogens with one attached hydrogen (secondary N) is 2. The lowest BCUT2D eigenvalue weighted by atomic mass is 10.2. The van der Waals surface area contributed by atoms with Gasteiger partial charge in [-0.3, -0.25) is 14.6 Å². The number of rotatable bonds is 6. The molecule has 0 spiro atoms. The second-order valence-corrected chi connectivity index (χ2v) is 7.47. The number of hydrogen-bond donors (Lipinski definition) is 2. The van der Waals surface area contributed by atoms with Crippen molar-refractivity contribution in [2.75, 3.05) is 13.1 Å². The number of carbonyl (C=O) groups is 2. The molecule has 0 fully saturated rings. The zero-order chi connectivity index (χ0) is 19.2. The zero-order valence-corrected chi connectivity index (χ0v) is 14.8. The van der Waals surface area contributed by atoms with Crippen LogP contribution in [0.25, 0.3) is 0 Å². The summed E-state index contributed by atoms with van der Waals surface area (Å²) < 4.78 is 39.0. The van der Waals surface area contributed by atoms with Gasteiger partial charge >= 0.3 is 11.8 Å². The van der Waals surface area contributed by atoms with Crippen LogP contribution in [0.3, 0.4) is 0 Å². The third-order valence-electron chi connectivity index (χ3n) is 3.56. The van der Waals surface area contributed by atoms with E-state index in [0.29, 0.717) is 5.56 Å². The summed E-state index contributed by atoms with van der Waals surface area (Å²) in [5, 5.41) is 3.47. The first-order valence-corrected chi connectivity index (χ1v) is 9.36. The van der Waals surface area contributed by atoms with Crippen molar-refractivity contribution in [3.8, 4) is 0 Å². The maximum atomic E-state index is 13.1. The molecule has 0 saturated carbocycles. The minimum absolute atomic E-state index is 0.0972. The van der Waals surface area contributed by atoms with E-state index in [4.69, 9.17) is 0 Å². The quantitative estimate of drug-likeness (QED) is 0.575. The summed E-state index contributed by atoms with van der Waals surface area (Å²) in [5.74, 6) is -2.35. The molecule has 2 N–H and O–H groups in total. The van der Waals surface area contributed by atoms with Crippen molar-refractivity contribution in [2.45, 2.75) is 17.1 Å². The summed E-state index contributed by atoms with van der Waals surface area (Å²) >= 11 is 0. The van der Waals surface area contributed by atoms with Crippen molar-refractivity contribution >= 4 is 21.7 Å². The third kappa shape index (κ3) is 4.63. The molecule has 0 aliphatic heterocycles. The SMILES string of the molecule is CCNC(=O)C(=O)NC[C@H](c1cccnc1)S(=O)(=O)c1ccc(F)cc1. The number of likely N-dealkylation sites (N-methyl/N-ethyl adjacent to an activating group) is 1. The largest absolute Gasteiger partial charge is 0.348 e. The first kappa shape index (κ1) is 19.5. The minimum Gasteiger partial charge on any atom is -0.348 e. The number of sulfone groups is 1. The van der Waals surface area contributed by atoms with Gasteiger partial charge in [-0.25, -0.2) is 12.8 Å². The third-order valence-corrected chi connectivity index (χ3v) is 5.68. The van der Waals surface area contributed by atoms with Crippen LogP contribution in [0, 0.1) is 5.82 Å². The van der Waals surface area contributed by atoms with Crippen LogP contribution >= 0.6 is 0 Å². The second kappa shape index (κ2) is 8.52. The molecule has 2 amide bonds. The average molecular weight is 379 g/mol. The number of hydrogen-bond acceptors (Lipinski definition) is 5. The van der Waals surface area contributed by atoms with E-state index in [9.17, 15) is 22.4 Å².